The lowest BCUT2D eigenvalue weighted by Crippen LogP contribution is -2.57. The number of aromatic nitrogens is 2. The first-order valence-corrected chi connectivity index (χ1v) is 26.0. The summed E-state index contributed by atoms with van der Waals surface area (Å²) < 4.78 is 67.4. The number of likely N-dealkylation sites (tertiary alicyclic amines) is 1. The molecule has 1 aromatic carbocycles. The number of pyridine rings is 2. The molecule has 0 spiro atoms. The van der Waals surface area contributed by atoms with Gasteiger partial charge in [0.1, 0.15) is 30.7 Å². The molecule has 5 heterocycles. The molecule has 430 valence electrons. The number of cyclic esters (lactones) is 1. The zero-order valence-electron chi connectivity index (χ0n) is 45.3. The molecule has 0 saturated carbocycles. The molecule has 22 nitrogen and oxygen atoms in total. The van der Waals surface area contributed by atoms with Gasteiger partial charge in [-0.2, -0.15) is 13.2 Å². The van der Waals surface area contributed by atoms with Gasteiger partial charge in [0.2, 0.25) is 23.3 Å². The Labute approximate surface area is 449 Å². The van der Waals surface area contributed by atoms with Crippen LogP contribution in [0.4, 0.5) is 13.2 Å². The summed E-state index contributed by atoms with van der Waals surface area (Å²) in [5.41, 5.74) is 7.19. The Morgan fingerprint density at radius 1 is 0.949 bits per heavy atom. The molecule has 4 atom stereocenters. The third-order valence-corrected chi connectivity index (χ3v) is 13.3. The number of halogens is 3. The molecule has 3 aliphatic heterocycles. The standard InChI is InChI=1S/C51H71N7O13.C2HF3O2/c1-8-33-34-14-10-11-15-38(34)54-45-35(33)30-57-41(45)28-37-36(47(57)62)31-70-50(65)51(37,9-2)71-49(64)44(32(3)4)55-46(61)40-16-12-19-56(40)48(63)39(29-43(60)69-21-13-20-58(5,6)7)53-42(59)17-22-66-24-26-68-27-25-67-23-18-52;3-2(4,5)1(6)7/h10-11,14-15,28,32,39-40,44H,8-9,12-13,16-27,29-31,52H2,1-7H3,(H-,53,55,59,61);(H,6,7)/t39-,40-,44-,51-;/m0./s1. The van der Waals surface area contributed by atoms with Crippen molar-refractivity contribution < 1.29 is 84.7 Å². The van der Waals surface area contributed by atoms with Crippen LogP contribution in [0.15, 0.2) is 35.1 Å². The van der Waals surface area contributed by atoms with Crippen molar-refractivity contribution >= 4 is 52.5 Å². The fourth-order valence-electron chi connectivity index (χ4n) is 9.37. The SMILES string of the molecule is CCc1c2c(nc3ccccc13)-c1cc3c(c(=O)n1C2)COC(=O)[C@@]3(CC)OC(=O)[C@@H](NC(=O)[C@@H]1CCCN1C(=O)[C@H](CC(=O)OCCC[N+](C)(C)C)NC(=O)CCOCCOCCOCCN)C(C)C.O=C([O-])C(F)(F)F. The zero-order chi connectivity index (χ0) is 57.5. The maximum absolute atomic E-state index is 14.5. The van der Waals surface area contributed by atoms with Gasteiger partial charge in [0.25, 0.3) is 5.56 Å². The second-order valence-electron chi connectivity index (χ2n) is 20.3. The van der Waals surface area contributed by atoms with Crippen LogP contribution >= 0.6 is 0 Å². The summed E-state index contributed by atoms with van der Waals surface area (Å²) in [7, 11) is 6.04. The van der Waals surface area contributed by atoms with E-state index in [1.165, 1.54) is 4.90 Å². The summed E-state index contributed by atoms with van der Waals surface area (Å²) in [5, 5.41) is 15.2. The highest BCUT2D eigenvalue weighted by atomic mass is 19.4. The van der Waals surface area contributed by atoms with Gasteiger partial charge in [-0.05, 0) is 49.3 Å². The highest BCUT2D eigenvalue weighted by molar-refractivity contribution is 5.96. The van der Waals surface area contributed by atoms with Crippen LogP contribution in [0.5, 0.6) is 0 Å². The number of esters is 3. The van der Waals surface area contributed by atoms with Gasteiger partial charge in [-0.3, -0.25) is 24.0 Å². The van der Waals surface area contributed by atoms with Gasteiger partial charge in [0, 0.05) is 42.4 Å². The number of quaternary nitrogens is 1. The van der Waals surface area contributed by atoms with Crippen LogP contribution in [-0.2, 0) is 87.2 Å². The van der Waals surface area contributed by atoms with E-state index < -0.39 is 83.8 Å². The highest BCUT2D eigenvalue weighted by Crippen LogP contribution is 2.42. The summed E-state index contributed by atoms with van der Waals surface area (Å²) in [5.74, 6) is -7.98. The molecular formula is C53H72F3N7O15. The normalized spacial score (nSPS) is 17.5. The number of benzene rings is 1. The van der Waals surface area contributed by atoms with E-state index in [4.69, 9.17) is 49.0 Å². The number of hydrogen-bond acceptors (Lipinski definition) is 17. The van der Waals surface area contributed by atoms with Crippen LogP contribution in [0, 0.1) is 5.92 Å². The number of nitrogens with zero attached hydrogens (tertiary/aromatic N) is 4. The van der Waals surface area contributed by atoms with Crippen molar-refractivity contribution in [3.05, 3.63) is 62.9 Å². The molecule has 2 aromatic heterocycles. The highest BCUT2D eigenvalue weighted by Gasteiger charge is 2.52. The smallest absolute Gasteiger partial charge is 0.430 e. The summed E-state index contributed by atoms with van der Waals surface area (Å²) >= 11 is 0. The van der Waals surface area contributed by atoms with Crippen LogP contribution in [0.3, 0.4) is 0 Å². The average molecular weight is 1100 g/mol. The number of carbonyl (C=O) groups excluding carboxylic acids is 7. The molecule has 3 amide bonds. The summed E-state index contributed by atoms with van der Waals surface area (Å²) in [4.78, 5) is 113. The number of aryl methyl sites for hydroxylation is 1. The van der Waals surface area contributed by atoms with Gasteiger partial charge in [-0.25, -0.2) is 14.6 Å². The van der Waals surface area contributed by atoms with E-state index in [9.17, 15) is 46.7 Å². The lowest BCUT2D eigenvalue weighted by atomic mass is 9.85. The third-order valence-electron chi connectivity index (χ3n) is 13.3. The molecule has 0 aliphatic carbocycles. The minimum atomic E-state index is -5.19. The number of aliphatic carboxylic acids is 1. The van der Waals surface area contributed by atoms with Crippen LogP contribution in [-0.4, -0.2) is 172 Å². The quantitative estimate of drug-likeness (QED) is 0.0348. The molecule has 3 aliphatic rings. The van der Waals surface area contributed by atoms with Gasteiger partial charge < -0.3 is 68.6 Å². The van der Waals surface area contributed by atoms with Crippen molar-refractivity contribution in [2.45, 2.75) is 116 Å². The number of amides is 3. The molecule has 0 bridgehead atoms. The number of fused-ring (bicyclic) bond motifs is 5. The van der Waals surface area contributed by atoms with E-state index in [2.05, 4.69) is 10.6 Å². The zero-order valence-corrected chi connectivity index (χ0v) is 45.3. The fourth-order valence-corrected chi connectivity index (χ4v) is 9.37. The third kappa shape index (κ3) is 15.8. The van der Waals surface area contributed by atoms with E-state index in [1.54, 1.807) is 31.4 Å². The Bertz CT molecular complexity index is 2710. The lowest BCUT2D eigenvalue weighted by Gasteiger charge is -2.37. The van der Waals surface area contributed by atoms with Crippen LogP contribution in [0.2, 0.25) is 0 Å². The maximum Gasteiger partial charge on any atom is 0.430 e. The van der Waals surface area contributed by atoms with Crippen molar-refractivity contribution in [1.82, 2.24) is 25.1 Å². The van der Waals surface area contributed by atoms with Crippen molar-refractivity contribution in [3.8, 4) is 11.4 Å². The topological polar surface area (TPSA) is 286 Å². The molecule has 0 unspecified atom stereocenters. The number of alkyl halides is 3. The van der Waals surface area contributed by atoms with Gasteiger partial charge in [0.05, 0.1) is 109 Å². The van der Waals surface area contributed by atoms with Gasteiger partial charge >= 0.3 is 24.1 Å². The number of nitrogens with two attached hydrogens (primary N) is 1. The minimum absolute atomic E-state index is 0.0148. The number of carboxylic acid groups (broad SMARTS) is 1. The predicted molar refractivity (Wildman–Crippen MR) is 271 cm³/mol. The van der Waals surface area contributed by atoms with Gasteiger partial charge in [-0.15, -0.1) is 0 Å². The first kappa shape index (κ1) is 62.3. The van der Waals surface area contributed by atoms with Crippen molar-refractivity contribution in [2.24, 2.45) is 11.7 Å². The summed E-state index contributed by atoms with van der Waals surface area (Å²) in [6, 6.07) is 5.70. The van der Waals surface area contributed by atoms with Crippen LogP contribution in [0.25, 0.3) is 22.3 Å². The largest absolute Gasteiger partial charge is 0.542 e. The predicted octanol–water partition coefficient (Wildman–Crippen LogP) is 1.54. The summed E-state index contributed by atoms with van der Waals surface area (Å²) in [6.45, 7) is 10.1. The number of ether oxygens (including phenoxy) is 6. The first-order valence-electron chi connectivity index (χ1n) is 26.0. The fraction of sp³-hybridized carbons (Fsp3) is 0.604. The van der Waals surface area contributed by atoms with Crippen molar-refractivity contribution in [3.63, 3.8) is 0 Å². The van der Waals surface area contributed by atoms with E-state index in [-0.39, 0.29) is 82.1 Å². The Morgan fingerprint density at radius 3 is 2.22 bits per heavy atom. The lowest BCUT2D eigenvalue weighted by molar-refractivity contribution is -0.870. The number of nitrogens with one attached hydrogen (secondary N) is 2. The molecular weight excluding hydrogens is 1030 g/mol. The molecule has 3 aromatic rings. The monoisotopic (exact) mass is 1100 g/mol. The van der Waals surface area contributed by atoms with Crippen molar-refractivity contribution in [2.75, 3.05) is 87.0 Å². The molecule has 4 N–H and O–H groups in total. The number of para-hydroxylation sites is 1. The number of carboxylic acids is 1. The molecule has 78 heavy (non-hydrogen) atoms. The minimum Gasteiger partial charge on any atom is -0.542 e. The Morgan fingerprint density at radius 2 is 1.60 bits per heavy atom. The second kappa shape index (κ2) is 27.9. The number of rotatable bonds is 26. The molecule has 1 saturated heterocycles. The van der Waals surface area contributed by atoms with E-state index in [0.717, 1.165) is 28.6 Å². The second-order valence-corrected chi connectivity index (χ2v) is 20.3. The number of hydrogen-bond donors (Lipinski definition) is 3. The van der Waals surface area contributed by atoms with Gasteiger partial charge in [0.15, 0.2) is 0 Å². The maximum atomic E-state index is 14.5. The van der Waals surface area contributed by atoms with E-state index >= 15 is 0 Å². The Balaban J connectivity index is 0.00000150. The van der Waals surface area contributed by atoms with Crippen LogP contribution < -0.4 is 27.0 Å². The molecule has 0 radical (unpaired) electrons. The summed E-state index contributed by atoms with van der Waals surface area (Å²) in [6.07, 6.45) is -3.98. The Kier molecular flexibility index (Phi) is 22.3. The van der Waals surface area contributed by atoms with Gasteiger partial charge in [-0.1, -0.05) is 45.9 Å². The van der Waals surface area contributed by atoms with Crippen molar-refractivity contribution in [1.29, 1.82) is 0 Å². The molecule has 6 rings (SSSR count). The molecule has 25 heteroatoms. The number of carbonyl (C=O) groups is 7. The van der Waals surface area contributed by atoms with E-state index in [0.29, 0.717) is 61.5 Å². The van der Waals surface area contributed by atoms with Crippen LogP contribution in [0.1, 0.15) is 88.5 Å². The van der Waals surface area contributed by atoms with E-state index in [1.807, 2.05) is 52.3 Å². The average Bonchev–Trinajstić information content (AvgIpc) is 4.24. The first-order chi connectivity index (χ1) is 36.9. The molecule has 1 fully saturated rings. The Hall–Kier alpha value is -6.54.